The standard InChI is InChI=1S/C13H13ClFN3O4S/c1-8-16-17-13(22-8)11-7-18(4-5-21-11)23(19,20)12-3-2-9(15)6-10(12)14/h2-3,6,11H,4-5,7H2,1H3. The maximum absolute atomic E-state index is 13.1. The Kier molecular flexibility index (Phi) is 4.37. The normalized spacial score (nSPS) is 19.9. The summed E-state index contributed by atoms with van der Waals surface area (Å²) in [4.78, 5) is -0.150. The van der Waals surface area contributed by atoms with E-state index < -0.39 is 21.9 Å². The van der Waals surface area contributed by atoms with Crippen LogP contribution in [0.15, 0.2) is 27.5 Å². The SMILES string of the molecule is Cc1nnc(C2CN(S(=O)(=O)c3ccc(F)cc3Cl)CCO2)o1. The summed E-state index contributed by atoms with van der Waals surface area (Å²) in [5.74, 6) is -0.0205. The molecule has 1 atom stereocenters. The molecule has 0 amide bonds. The highest BCUT2D eigenvalue weighted by Gasteiger charge is 2.34. The molecule has 124 valence electrons. The molecule has 0 bridgehead atoms. The van der Waals surface area contributed by atoms with Gasteiger partial charge in [0.05, 0.1) is 11.6 Å². The third-order valence-corrected chi connectivity index (χ3v) is 5.71. The first-order valence-electron chi connectivity index (χ1n) is 6.75. The van der Waals surface area contributed by atoms with Crippen molar-refractivity contribution < 1.29 is 22.0 Å². The summed E-state index contributed by atoms with van der Waals surface area (Å²) in [5.41, 5.74) is 0. The first-order valence-corrected chi connectivity index (χ1v) is 8.56. The molecule has 7 nitrogen and oxygen atoms in total. The molecule has 2 heterocycles. The van der Waals surface area contributed by atoms with Crippen molar-refractivity contribution >= 4 is 21.6 Å². The first kappa shape index (κ1) is 16.3. The van der Waals surface area contributed by atoms with Crippen molar-refractivity contribution in [2.24, 2.45) is 0 Å². The fourth-order valence-electron chi connectivity index (χ4n) is 2.26. The van der Waals surface area contributed by atoms with Crippen LogP contribution in [-0.4, -0.2) is 42.6 Å². The van der Waals surface area contributed by atoms with E-state index in [2.05, 4.69) is 10.2 Å². The van der Waals surface area contributed by atoms with E-state index in [-0.39, 0.29) is 35.5 Å². The summed E-state index contributed by atoms with van der Waals surface area (Å²) in [6, 6.07) is 3.17. The average Bonchev–Trinajstić information content (AvgIpc) is 2.93. The van der Waals surface area contributed by atoms with Gasteiger partial charge in [0.1, 0.15) is 16.8 Å². The molecule has 0 saturated carbocycles. The van der Waals surface area contributed by atoms with Crippen molar-refractivity contribution in [2.75, 3.05) is 19.7 Å². The molecule has 1 aromatic carbocycles. The lowest BCUT2D eigenvalue weighted by Gasteiger charge is -2.30. The van der Waals surface area contributed by atoms with Crippen LogP contribution in [0.5, 0.6) is 0 Å². The number of morpholine rings is 1. The van der Waals surface area contributed by atoms with Crippen LogP contribution in [0, 0.1) is 12.7 Å². The van der Waals surface area contributed by atoms with E-state index in [0.29, 0.717) is 5.89 Å². The van der Waals surface area contributed by atoms with Gasteiger partial charge in [-0.1, -0.05) is 11.6 Å². The van der Waals surface area contributed by atoms with Gasteiger partial charge < -0.3 is 9.15 Å². The van der Waals surface area contributed by atoms with Crippen LogP contribution >= 0.6 is 11.6 Å². The van der Waals surface area contributed by atoms with Gasteiger partial charge in [0.2, 0.25) is 21.8 Å². The molecule has 1 fully saturated rings. The number of hydrogen-bond acceptors (Lipinski definition) is 6. The molecule has 23 heavy (non-hydrogen) atoms. The second kappa shape index (κ2) is 6.16. The highest BCUT2D eigenvalue weighted by molar-refractivity contribution is 7.89. The van der Waals surface area contributed by atoms with Crippen molar-refractivity contribution in [3.8, 4) is 0 Å². The molecular weight excluding hydrogens is 349 g/mol. The molecule has 0 radical (unpaired) electrons. The Morgan fingerprint density at radius 3 is 2.83 bits per heavy atom. The highest BCUT2D eigenvalue weighted by atomic mass is 35.5. The summed E-state index contributed by atoms with van der Waals surface area (Å²) in [6.45, 7) is 1.97. The van der Waals surface area contributed by atoms with Crippen LogP contribution in [0.1, 0.15) is 17.9 Å². The minimum Gasteiger partial charge on any atom is -0.423 e. The van der Waals surface area contributed by atoms with Gasteiger partial charge in [-0.15, -0.1) is 10.2 Å². The molecule has 1 saturated heterocycles. The molecule has 0 N–H and O–H groups in total. The van der Waals surface area contributed by atoms with Crippen molar-refractivity contribution in [1.29, 1.82) is 0 Å². The molecule has 2 aromatic rings. The van der Waals surface area contributed by atoms with Crippen molar-refractivity contribution in [2.45, 2.75) is 17.9 Å². The minimum absolute atomic E-state index is 0.0116. The summed E-state index contributed by atoms with van der Waals surface area (Å²) >= 11 is 5.87. The first-order chi connectivity index (χ1) is 10.9. The number of ether oxygens (including phenoxy) is 1. The van der Waals surface area contributed by atoms with E-state index in [1.165, 1.54) is 4.31 Å². The van der Waals surface area contributed by atoms with Crippen LogP contribution in [0.25, 0.3) is 0 Å². The monoisotopic (exact) mass is 361 g/mol. The summed E-state index contributed by atoms with van der Waals surface area (Å²) < 4.78 is 50.5. The van der Waals surface area contributed by atoms with Gasteiger partial charge in [-0.05, 0) is 18.2 Å². The highest BCUT2D eigenvalue weighted by Crippen LogP contribution is 2.29. The Morgan fingerprint density at radius 2 is 2.17 bits per heavy atom. The van der Waals surface area contributed by atoms with E-state index in [1.54, 1.807) is 6.92 Å². The van der Waals surface area contributed by atoms with Crippen LogP contribution < -0.4 is 0 Å². The second-order valence-corrected chi connectivity index (χ2v) is 7.27. The molecule has 10 heteroatoms. The fourth-order valence-corrected chi connectivity index (χ4v) is 4.19. The zero-order valence-corrected chi connectivity index (χ0v) is 13.6. The fraction of sp³-hybridized carbons (Fsp3) is 0.385. The number of sulfonamides is 1. The van der Waals surface area contributed by atoms with E-state index in [0.717, 1.165) is 18.2 Å². The van der Waals surface area contributed by atoms with E-state index in [4.69, 9.17) is 20.8 Å². The van der Waals surface area contributed by atoms with Crippen LogP contribution in [0.2, 0.25) is 5.02 Å². The predicted octanol–water partition coefficient (Wildman–Crippen LogP) is 1.93. The van der Waals surface area contributed by atoms with Gasteiger partial charge in [0, 0.05) is 20.0 Å². The third-order valence-electron chi connectivity index (χ3n) is 3.36. The lowest BCUT2D eigenvalue weighted by molar-refractivity contribution is -0.0176. The summed E-state index contributed by atoms with van der Waals surface area (Å²) in [5, 5.41) is 7.39. The Labute approximate surface area is 137 Å². The Morgan fingerprint density at radius 1 is 1.39 bits per heavy atom. The van der Waals surface area contributed by atoms with Gasteiger partial charge in [-0.25, -0.2) is 12.8 Å². The minimum atomic E-state index is -3.88. The molecule has 1 unspecified atom stereocenters. The Bertz CT molecular complexity index is 826. The smallest absolute Gasteiger partial charge is 0.246 e. The van der Waals surface area contributed by atoms with E-state index in [9.17, 15) is 12.8 Å². The Hall–Kier alpha value is -1.55. The molecule has 1 aliphatic rings. The number of benzene rings is 1. The zero-order valence-electron chi connectivity index (χ0n) is 12.1. The molecule has 0 spiro atoms. The van der Waals surface area contributed by atoms with E-state index in [1.807, 2.05) is 0 Å². The molecule has 3 rings (SSSR count). The maximum atomic E-state index is 13.1. The van der Waals surface area contributed by atoms with Crippen molar-refractivity contribution in [3.63, 3.8) is 0 Å². The quantitative estimate of drug-likeness (QED) is 0.830. The van der Waals surface area contributed by atoms with Gasteiger partial charge in [-0.3, -0.25) is 0 Å². The summed E-state index contributed by atoms with van der Waals surface area (Å²) in [6.07, 6.45) is -0.654. The lowest BCUT2D eigenvalue weighted by atomic mass is 10.3. The number of hydrogen-bond donors (Lipinski definition) is 0. The molecule has 0 aliphatic carbocycles. The predicted molar refractivity (Wildman–Crippen MR) is 77.9 cm³/mol. The van der Waals surface area contributed by atoms with Crippen molar-refractivity contribution in [3.05, 3.63) is 40.8 Å². The number of halogens is 2. The van der Waals surface area contributed by atoms with Crippen molar-refractivity contribution in [1.82, 2.24) is 14.5 Å². The zero-order chi connectivity index (χ0) is 16.6. The van der Waals surface area contributed by atoms with Gasteiger partial charge in [0.25, 0.3) is 0 Å². The van der Waals surface area contributed by atoms with Gasteiger partial charge in [0.15, 0.2) is 0 Å². The van der Waals surface area contributed by atoms with Gasteiger partial charge >= 0.3 is 0 Å². The topological polar surface area (TPSA) is 85.5 Å². The number of nitrogens with zero attached hydrogens (tertiary/aromatic N) is 3. The Balaban J connectivity index is 1.87. The molecular formula is C13H13ClFN3O4S. The molecule has 1 aliphatic heterocycles. The van der Waals surface area contributed by atoms with Crippen LogP contribution in [-0.2, 0) is 14.8 Å². The molecule has 1 aromatic heterocycles. The largest absolute Gasteiger partial charge is 0.423 e. The summed E-state index contributed by atoms with van der Waals surface area (Å²) in [7, 11) is -3.88. The van der Waals surface area contributed by atoms with E-state index >= 15 is 0 Å². The number of rotatable bonds is 3. The average molecular weight is 362 g/mol. The number of aromatic nitrogens is 2. The lowest BCUT2D eigenvalue weighted by Crippen LogP contribution is -2.42. The van der Waals surface area contributed by atoms with Crippen LogP contribution in [0.4, 0.5) is 4.39 Å². The van der Waals surface area contributed by atoms with Gasteiger partial charge in [-0.2, -0.15) is 4.31 Å². The van der Waals surface area contributed by atoms with Crippen LogP contribution in [0.3, 0.4) is 0 Å². The third kappa shape index (κ3) is 3.23. The second-order valence-electron chi connectivity index (χ2n) is 4.96. The number of aryl methyl sites for hydroxylation is 1. The maximum Gasteiger partial charge on any atom is 0.246 e.